The average Bonchev–Trinajstić information content (AvgIpc) is 3.05. The highest BCUT2D eigenvalue weighted by Gasteiger charge is 2.12. The molecule has 27 heavy (non-hydrogen) atoms. The summed E-state index contributed by atoms with van der Waals surface area (Å²) in [7, 11) is 0. The maximum atomic E-state index is 12.4. The SMILES string of the molecule is Cc1ccc(NC(=O)CSc2nc(CO)cn2Cc2ccccc2)c(C)c1. The number of hydrogen-bond donors (Lipinski definition) is 2. The number of aryl methyl sites for hydroxylation is 2. The minimum atomic E-state index is -0.121. The number of amides is 1. The summed E-state index contributed by atoms with van der Waals surface area (Å²) in [4.78, 5) is 16.8. The molecule has 1 aromatic heterocycles. The highest BCUT2D eigenvalue weighted by atomic mass is 32.2. The summed E-state index contributed by atoms with van der Waals surface area (Å²) in [6.45, 7) is 4.54. The molecule has 1 amide bonds. The average molecular weight is 382 g/mol. The van der Waals surface area contributed by atoms with Crippen molar-refractivity contribution in [2.24, 2.45) is 0 Å². The first-order valence-electron chi connectivity index (χ1n) is 8.76. The smallest absolute Gasteiger partial charge is 0.234 e. The molecule has 3 rings (SSSR count). The Bertz CT molecular complexity index is 922. The van der Waals surface area contributed by atoms with E-state index in [1.54, 1.807) is 0 Å². The number of carbonyl (C=O) groups excluding carboxylic acids is 1. The fourth-order valence-corrected chi connectivity index (χ4v) is 3.60. The van der Waals surface area contributed by atoms with Crippen LogP contribution in [-0.2, 0) is 17.9 Å². The van der Waals surface area contributed by atoms with E-state index in [-0.39, 0.29) is 18.3 Å². The lowest BCUT2D eigenvalue weighted by atomic mass is 10.1. The number of rotatable bonds is 7. The third kappa shape index (κ3) is 5.21. The number of aliphatic hydroxyl groups excluding tert-OH is 1. The lowest BCUT2D eigenvalue weighted by Gasteiger charge is -2.10. The minimum Gasteiger partial charge on any atom is -0.390 e. The maximum absolute atomic E-state index is 12.4. The Balaban J connectivity index is 1.66. The molecular weight excluding hydrogens is 358 g/mol. The van der Waals surface area contributed by atoms with Crippen LogP contribution < -0.4 is 5.32 Å². The first kappa shape index (κ1) is 19.2. The molecule has 0 saturated heterocycles. The quantitative estimate of drug-likeness (QED) is 0.612. The van der Waals surface area contributed by atoms with E-state index in [2.05, 4.69) is 10.3 Å². The Labute approximate surface area is 163 Å². The number of aliphatic hydroxyl groups is 1. The zero-order valence-electron chi connectivity index (χ0n) is 15.5. The lowest BCUT2D eigenvalue weighted by Crippen LogP contribution is -2.15. The number of benzene rings is 2. The Hall–Kier alpha value is -2.57. The van der Waals surface area contributed by atoms with Crippen LogP contribution in [0.5, 0.6) is 0 Å². The number of nitrogens with one attached hydrogen (secondary N) is 1. The van der Waals surface area contributed by atoms with Crippen LogP contribution in [0.3, 0.4) is 0 Å². The van der Waals surface area contributed by atoms with Gasteiger partial charge in [0, 0.05) is 18.4 Å². The first-order valence-corrected chi connectivity index (χ1v) is 9.74. The van der Waals surface area contributed by atoms with Crippen molar-refractivity contribution in [3.05, 3.63) is 77.1 Å². The van der Waals surface area contributed by atoms with E-state index in [4.69, 9.17) is 0 Å². The van der Waals surface area contributed by atoms with Gasteiger partial charge in [-0.3, -0.25) is 4.79 Å². The number of carbonyl (C=O) groups is 1. The van der Waals surface area contributed by atoms with Crippen molar-refractivity contribution in [3.8, 4) is 0 Å². The molecule has 0 bridgehead atoms. The van der Waals surface area contributed by atoms with E-state index >= 15 is 0 Å². The third-order valence-electron chi connectivity index (χ3n) is 4.14. The van der Waals surface area contributed by atoms with Crippen LogP contribution in [-0.4, -0.2) is 26.3 Å². The Kier molecular flexibility index (Phi) is 6.32. The zero-order chi connectivity index (χ0) is 19.2. The first-order chi connectivity index (χ1) is 13.0. The van der Waals surface area contributed by atoms with E-state index in [1.165, 1.54) is 17.3 Å². The molecule has 0 unspecified atom stereocenters. The second kappa shape index (κ2) is 8.88. The van der Waals surface area contributed by atoms with Gasteiger partial charge >= 0.3 is 0 Å². The van der Waals surface area contributed by atoms with Gasteiger partial charge in [0.1, 0.15) is 0 Å². The molecule has 0 saturated carbocycles. The minimum absolute atomic E-state index is 0.0771. The Morgan fingerprint density at radius 1 is 1.19 bits per heavy atom. The molecule has 0 radical (unpaired) electrons. The summed E-state index contributed by atoms with van der Waals surface area (Å²) in [6, 6.07) is 16.0. The summed E-state index contributed by atoms with van der Waals surface area (Å²) in [5, 5.41) is 13.1. The molecule has 0 fully saturated rings. The summed E-state index contributed by atoms with van der Waals surface area (Å²) < 4.78 is 1.97. The van der Waals surface area contributed by atoms with Crippen molar-refractivity contribution in [2.45, 2.75) is 32.2 Å². The van der Waals surface area contributed by atoms with Gasteiger partial charge in [0.25, 0.3) is 0 Å². The summed E-state index contributed by atoms with van der Waals surface area (Å²) in [5.41, 5.74) is 4.78. The van der Waals surface area contributed by atoms with Crippen LogP contribution >= 0.6 is 11.8 Å². The fraction of sp³-hybridized carbons (Fsp3) is 0.238. The van der Waals surface area contributed by atoms with Crippen molar-refractivity contribution in [1.29, 1.82) is 0 Å². The van der Waals surface area contributed by atoms with Crippen LogP contribution in [0.25, 0.3) is 0 Å². The van der Waals surface area contributed by atoms with Gasteiger partial charge in [-0.2, -0.15) is 0 Å². The molecule has 0 spiro atoms. The molecule has 140 valence electrons. The van der Waals surface area contributed by atoms with Crippen LogP contribution in [0.4, 0.5) is 5.69 Å². The molecule has 0 aliphatic heterocycles. The van der Waals surface area contributed by atoms with Crippen molar-refractivity contribution < 1.29 is 9.90 Å². The topological polar surface area (TPSA) is 67.2 Å². The number of imidazole rings is 1. The maximum Gasteiger partial charge on any atom is 0.234 e. The molecular formula is C21H23N3O2S. The molecule has 3 aromatic rings. The van der Waals surface area contributed by atoms with Crippen LogP contribution in [0, 0.1) is 13.8 Å². The molecule has 2 N–H and O–H groups in total. The highest BCUT2D eigenvalue weighted by molar-refractivity contribution is 7.99. The van der Waals surface area contributed by atoms with Crippen molar-refractivity contribution in [3.63, 3.8) is 0 Å². The Morgan fingerprint density at radius 3 is 2.67 bits per heavy atom. The summed E-state index contributed by atoms with van der Waals surface area (Å²) in [6.07, 6.45) is 1.83. The fourth-order valence-electron chi connectivity index (χ4n) is 2.81. The number of anilines is 1. The second-order valence-corrected chi connectivity index (χ2v) is 7.38. The molecule has 0 aliphatic rings. The predicted molar refractivity (Wildman–Crippen MR) is 109 cm³/mol. The standard InChI is InChI=1S/C21H23N3O2S/c1-15-8-9-19(16(2)10-15)23-20(26)14-27-21-22-18(13-25)12-24(21)11-17-6-4-3-5-7-17/h3-10,12,25H,11,13-14H2,1-2H3,(H,23,26). The van der Waals surface area contributed by atoms with Crippen molar-refractivity contribution in [1.82, 2.24) is 9.55 Å². The van der Waals surface area contributed by atoms with Crippen molar-refractivity contribution in [2.75, 3.05) is 11.1 Å². The number of aromatic nitrogens is 2. The normalized spacial score (nSPS) is 10.8. The third-order valence-corrected chi connectivity index (χ3v) is 5.13. The van der Waals surface area contributed by atoms with Gasteiger partial charge in [-0.25, -0.2) is 4.98 Å². The monoisotopic (exact) mass is 381 g/mol. The van der Waals surface area contributed by atoms with Gasteiger partial charge in [-0.1, -0.05) is 59.8 Å². The lowest BCUT2D eigenvalue weighted by molar-refractivity contribution is -0.113. The molecule has 6 heteroatoms. The molecule has 5 nitrogen and oxygen atoms in total. The van der Waals surface area contributed by atoms with Gasteiger partial charge < -0.3 is 15.0 Å². The van der Waals surface area contributed by atoms with Gasteiger partial charge in [0.05, 0.1) is 18.1 Å². The second-order valence-electron chi connectivity index (χ2n) is 6.44. The molecule has 0 atom stereocenters. The van der Waals surface area contributed by atoms with E-state index in [0.717, 1.165) is 22.0 Å². The van der Waals surface area contributed by atoms with Gasteiger partial charge in [-0.05, 0) is 31.0 Å². The van der Waals surface area contributed by atoms with Crippen LogP contribution in [0.15, 0.2) is 59.9 Å². The number of nitrogens with zero attached hydrogens (tertiary/aromatic N) is 2. The molecule has 2 aromatic carbocycles. The van der Waals surface area contributed by atoms with E-state index < -0.39 is 0 Å². The molecule has 0 aliphatic carbocycles. The van der Waals surface area contributed by atoms with E-state index in [9.17, 15) is 9.90 Å². The predicted octanol–water partition coefficient (Wildman–Crippen LogP) is 3.77. The summed E-state index contributed by atoms with van der Waals surface area (Å²) >= 11 is 1.37. The van der Waals surface area contributed by atoms with Gasteiger partial charge in [0.2, 0.25) is 5.91 Å². The zero-order valence-corrected chi connectivity index (χ0v) is 16.3. The van der Waals surface area contributed by atoms with E-state index in [1.807, 2.05) is 73.1 Å². The van der Waals surface area contributed by atoms with Gasteiger partial charge in [0.15, 0.2) is 5.16 Å². The molecule has 1 heterocycles. The Morgan fingerprint density at radius 2 is 1.96 bits per heavy atom. The number of thioether (sulfide) groups is 1. The number of hydrogen-bond acceptors (Lipinski definition) is 4. The van der Waals surface area contributed by atoms with Gasteiger partial charge in [-0.15, -0.1) is 0 Å². The largest absolute Gasteiger partial charge is 0.390 e. The highest BCUT2D eigenvalue weighted by Crippen LogP contribution is 2.21. The van der Waals surface area contributed by atoms with Crippen LogP contribution in [0.1, 0.15) is 22.4 Å². The van der Waals surface area contributed by atoms with Crippen molar-refractivity contribution >= 4 is 23.4 Å². The van der Waals surface area contributed by atoms with Crippen LogP contribution in [0.2, 0.25) is 0 Å². The summed E-state index contributed by atoms with van der Waals surface area (Å²) in [5.74, 6) is 0.177. The van der Waals surface area contributed by atoms with E-state index in [0.29, 0.717) is 12.2 Å².